The molecule has 0 fully saturated rings. The first-order chi connectivity index (χ1) is 13.5. The maximum absolute atomic E-state index is 12.8. The summed E-state index contributed by atoms with van der Waals surface area (Å²) < 4.78 is 0. The number of nitro benzene ring substituents is 1. The summed E-state index contributed by atoms with van der Waals surface area (Å²) in [6.07, 6.45) is 1.81. The maximum Gasteiger partial charge on any atom is 0.282 e. The van der Waals surface area contributed by atoms with Crippen LogP contribution >= 0.6 is 0 Å². The molecule has 0 aromatic heterocycles. The van der Waals surface area contributed by atoms with Crippen molar-refractivity contribution >= 4 is 34.5 Å². The van der Waals surface area contributed by atoms with Gasteiger partial charge in [0.2, 0.25) is 0 Å². The Morgan fingerprint density at radius 1 is 1.04 bits per heavy atom. The molecule has 3 aromatic rings. The number of carbonyl (C=O) groups is 2. The van der Waals surface area contributed by atoms with Crippen LogP contribution in [0.1, 0.15) is 38.8 Å². The van der Waals surface area contributed by atoms with Crippen LogP contribution in [0.15, 0.2) is 59.7 Å². The Morgan fingerprint density at radius 3 is 2.25 bits per heavy atom. The Balaban J connectivity index is 1.73. The first kappa shape index (κ1) is 17.5. The van der Waals surface area contributed by atoms with Gasteiger partial charge in [-0.1, -0.05) is 43.3 Å². The fourth-order valence-electron chi connectivity index (χ4n) is 3.38. The highest BCUT2D eigenvalue weighted by molar-refractivity contribution is 6.25. The topological polar surface area (TPSA) is 92.9 Å². The SMILES string of the molecule is CCc1ccc(/C=N\N2C(=O)c3cccc4cccc(c34)C2=O)cc1[N+](=O)[O-]. The minimum atomic E-state index is -0.523. The van der Waals surface area contributed by atoms with Crippen LogP contribution in [0.2, 0.25) is 0 Å². The second-order valence-electron chi connectivity index (χ2n) is 6.37. The zero-order valence-electron chi connectivity index (χ0n) is 15.0. The molecule has 28 heavy (non-hydrogen) atoms. The summed E-state index contributed by atoms with van der Waals surface area (Å²) in [5.74, 6) is -1.05. The van der Waals surface area contributed by atoms with Crippen LogP contribution in [-0.4, -0.2) is 28.0 Å². The Morgan fingerprint density at radius 2 is 1.68 bits per heavy atom. The minimum Gasteiger partial charge on any atom is -0.267 e. The number of rotatable bonds is 4. The summed E-state index contributed by atoms with van der Waals surface area (Å²) in [6, 6.07) is 15.2. The summed E-state index contributed by atoms with van der Waals surface area (Å²) in [4.78, 5) is 36.4. The average Bonchev–Trinajstić information content (AvgIpc) is 2.71. The van der Waals surface area contributed by atoms with Crippen molar-refractivity contribution in [2.75, 3.05) is 0 Å². The van der Waals surface area contributed by atoms with E-state index in [9.17, 15) is 19.7 Å². The third-order valence-corrected chi connectivity index (χ3v) is 4.76. The summed E-state index contributed by atoms with van der Waals surface area (Å²) in [7, 11) is 0. The molecule has 0 bridgehead atoms. The molecule has 2 amide bonds. The van der Waals surface area contributed by atoms with Gasteiger partial charge in [0, 0.05) is 22.6 Å². The number of hydrazone groups is 1. The lowest BCUT2D eigenvalue weighted by Crippen LogP contribution is -2.36. The van der Waals surface area contributed by atoms with Crippen LogP contribution in [0.3, 0.4) is 0 Å². The molecule has 0 spiro atoms. The van der Waals surface area contributed by atoms with Crippen LogP contribution in [0.4, 0.5) is 5.69 Å². The number of carbonyl (C=O) groups excluding carboxylic acids is 2. The lowest BCUT2D eigenvalue weighted by molar-refractivity contribution is -0.385. The summed E-state index contributed by atoms with van der Waals surface area (Å²) in [5, 5.41) is 17.5. The largest absolute Gasteiger partial charge is 0.282 e. The monoisotopic (exact) mass is 373 g/mol. The van der Waals surface area contributed by atoms with Gasteiger partial charge < -0.3 is 0 Å². The average molecular weight is 373 g/mol. The number of imide groups is 1. The zero-order chi connectivity index (χ0) is 19.8. The van der Waals surface area contributed by atoms with Gasteiger partial charge in [-0.3, -0.25) is 19.7 Å². The van der Waals surface area contributed by atoms with Gasteiger partial charge in [-0.2, -0.15) is 10.1 Å². The van der Waals surface area contributed by atoms with Crippen molar-refractivity contribution in [3.63, 3.8) is 0 Å². The number of hydrogen-bond donors (Lipinski definition) is 0. The molecule has 0 aliphatic carbocycles. The Hall–Kier alpha value is -3.87. The first-order valence-corrected chi connectivity index (χ1v) is 8.73. The van der Waals surface area contributed by atoms with E-state index >= 15 is 0 Å². The molecule has 7 heteroatoms. The third-order valence-electron chi connectivity index (χ3n) is 4.76. The van der Waals surface area contributed by atoms with Gasteiger partial charge in [-0.25, -0.2) is 0 Å². The van der Waals surface area contributed by atoms with Crippen molar-refractivity contribution in [3.05, 3.63) is 87.0 Å². The predicted molar refractivity (Wildman–Crippen MR) is 105 cm³/mol. The molecule has 0 saturated heterocycles. The van der Waals surface area contributed by atoms with Crippen LogP contribution in [0.5, 0.6) is 0 Å². The van der Waals surface area contributed by atoms with E-state index in [0.29, 0.717) is 34.1 Å². The molecular weight excluding hydrogens is 358 g/mol. The second-order valence-corrected chi connectivity index (χ2v) is 6.37. The molecule has 0 saturated carbocycles. The number of aryl methyl sites for hydroxylation is 1. The van der Waals surface area contributed by atoms with Gasteiger partial charge >= 0.3 is 0 Å². The van der Waals surface area contributed by atoms with Gasteiger partial charge in [0.05, 0.1) is 22.3 Å². The van der Waals surface area contributed by atoms with E-state index in [4.69, 9.17) is 0 Å². The molecule has 0 unspecified atom stereocenters. The molecule has 1 aliphatic heterocycles. The lowest BCUT2D eigenvalue weighted by atomic mass is 9.95. The van der Waals surface area contributed by atoms with Crippen LogP contribution in [0.25, 0.3) is 10.8 Å². The number of nitro groups is 1. The van der Waals surface area contributed by atoms with Gasteiger partial charge in [-0.05, 0) is 23.9 Å². The molecule has 0 N–H and O–H groups in total. The van der Waals surface area contributed by atoms with Crippen molar-refractivity contribution in [2.24, 2.45) is 5.10 Å². The minimum absolute atomic E-state index is 0.0159. The second kappa shape index (κ2) is 6.70. The molecule has 0 radical (unpaired) electrons. The standard InChI is InChI=1S/C21H15N3O4/c1-2-14-10-9-13(11-18(14)24(27)28)12-22-23-20(25)16-7-3-5-15-6-4-8-17(19(15)16)21(23)26/h3-12H,2H2,1H3/b22-12-. The van der Waals surface area contributed by atoms with Crippen molar-refractivity contribution in [1.82, 2.24) is 5.01 Å². The van der Waals surface area contributed by atoms with Crippen LogP contribution < -0.4 is 0 Å². The highest BCUT2D eigenvalue weighted by atomic mass is 16.6. The van der Waals surface area contributed by atoms with Gasteiger partial charge in [0.15, 0.2) is 0 Å². The first-order valence-electron chi connectivity index (χ1n) is 8.73. The lowest BCUT2D eigenvalue weighted by Gasteiger charge is -2.22. The van der Waals surface area contributed by atoms with Crippen molar-refractivity contribution < 1.29 is 14.5 Å². The molecule has 1 heterocycles. The highest BCUT2D eigenvalue weighted by Crippen LogP contribution is 2.30. The maximum atomic E-state index is 12.8. The van der Waals surface area contributed by atoms with E-state index in [0.717, 1.165) is 10.4 Å². The summed E-state index contributed by atoms with van der Waals surface area (Å²) >= 11 is 0. The van der Waals surface area contributed by atoms with Crippen molar-refractivity contribution in [3.8, 4) is 0 Å². The van der Waals surface area contributed by atoms with Crippen molar-refractivity contribution in [1.29, 1.82) is 0 Å². The van der Waals surface area contributed by atoms with Gasteiger partial charge in [-0.15, -0.1) is 0 Å². The van der Waals surface area contributed by atoms with E-state index in [1.54, 1.807) is 36.4 Å². The van der Waals surface area contributed by atoms with E-state index in [2.05, 4.69) is 5.10 Å². The zero-order valence-corrected chi connectivity index (χ0v) is 15.0. The fourth-order valence-corrected chi connectivity index (χ4v) is 3.38. The predicted octanol–water partition coefficient (Wildman–Crippen LogP) is 3.94. The number of hydrogen-bond acceptors (Lipinski definition) is 5. The summed E-state index contributed by atoms with van der Waals surface area (Å²) in [5.41, 5.74) is 1.82. The number of amides is 2. The molecule has 1 aliphatic rings. The number of benzene rings is 3. The highest BCUT2D eigenvalue weighted by Gasteiger charge is 2.32. The Bertz CT molecular complexity index is 1130. The molecular formula is C21H15N3O4. The van der Waals surface area contributed by atoms with E-state index in [1.165, 1.54) is 12.3 Å². The normalized spacial score (nSPS) is 13.5. The van der Waals surface area contributed by atoms with E-state index < -0.39 is 16.7 Å². The van der Waals surface area contributed by atoms with E-state index in [-0.39, 0.29) is 5.69 Å². The summed E-state index contributed by atoms with van der Waals surface area (Å²) in [6.45, 7) is 1.83. The van der Waals surface area contributed by atoms with Crippen molar-refractivity contribution in [2.45, 2.75) is 13.3 Å². The quantitative estimate of drug-likeness (QED) is 0.300. The molecule has 3 aromatic carbocycles. The third kappa shape index (κ3) is 2.73. The van der Waals surface area contributed by atoms with Gasteiger partial charge in [0.1, 0.15) is 0 Å². The van der Waals surface area contributed by atoms with E-state index in [1.807, 2.05) is 19.1 Å². The smallest absolute Gasteiger partial charge is 0.267 e. The van der Waals surface area contributed by atoms with Gasteiger partial charge in [0.25, 0.3) is 17.5 Å². The molecule has 7 nitrogen and oxygen atoms in total. The fraction of sp³-hybridized carbons (Fsp3) is 0.0952. The molecule has 4 rings (SSSR count). The van der Waals surface area contributed by atoms with Crippen LogP contribution in [0, 0.1) is 10.1 Å². The molecule has 138 valence electrons. The Kier molecular flexibility index (Phi) is 4.19. The molecule has 0 atom stereocenters. The number of nitrogens with zero attached hydrogens (tertiary/aromatic N) is 3. The Labute approximate surface area is 160 Å². The van der Waals surface area contributed by atoms with Crippen LogP contribution in [-0.2, 0) is 6.42 Å².